The van der Waals surface area contributed by atoms with Crippen LogP contribution in [0.1, 0.15) is 11.6 Å². The van der Waals surface area contributed by atoms with Gasteiger partial charge in [-0.05, 0) is 18.2 Å². The van der Waals surface area contributed by atoms with Gasteiger partial charge in [0.25, 0.3) is 5.91 Å². The minimum Gasteiger partial charge on any atom is -0.478 e. The number of amidine groups is 1. The fraction of sp³-hybridized carbons (Fsp3) is 0.385. The zero-order valence-electron chi connectivity index (χ0n) is 10.4. The fourth-order valence-electron chi connectivity index (χ4n) is 2.68. The number of amides is 1. The van der Waals surface area contributed by atoms with Crippen LogP contribution >= 0.6 is 27.7 Å². The first-order valence-corrected chi connectivity index (χ1v) is 8.33. The van der Waals surface area contributed by atoms with Gasteiger partial charge in [0.1, 0.15) is 17.6 Å². The van der Waals surface area contributed by atoms with Crippen LogP contribution in [0.3, 0.4) is 0 Å². The number of hydrogen-bond acceptors (Lipinski definition) is 5. The Morgan fingerprint density at radius 2 is 2.35 bits per heavy atom. The summed E-state index contributed by atoms with van der Waals surface area (Å²) in [6, 6.07) is 5.66. The second-order valence-electron chi connectivity index (χ2n) is 4.94. The van der Waals surface area contributed by atoms with E-state index in [1.807, 2.05) is 30.0 Å². The third-order valence-electron chi connectivity index (χ3n) is 3.67. The molecule has 0 bridgehead atoms. The van der Waals surface area contributed by atoms with E-state index in [1.54, 1.807) is 0 Å². The van der Waals surface area contributed by atoms with Crippen molar-refractivity contribution in [2.24, 2.45) is 4.99 Å². The van der Waals surface area contributed by atoms with Crippen LogP contribution in [0.5, 0.6) is 5.75 Å². The van der Waals surface area contributed by atoms with Crippen molar-refractivity contribution < 1.29 is 9.53 Å². The van der Waals surface area contributed by atoms with E-state index in [1.165, 1.54) is 0 Å². The average Bonchev–Trinajstić information content (AvgIpc) is 3.06. The van der Waals surface area contributed by atoms with E-state index in [2.05, 4.69) is 26.6 Å². The van der Waals surface area contributed by atoms with Gasteiger partial charge in [0, 0.05) is 21.7 Å². The monoisotopic (exact) mass is 353 g/mol. The van der Waals surface area contributed by atoms with Crippen molar-refractivity contribution in [3.63, 3.8) is 0 Å². The van der Waals surface area contributed by atoms with Gasteiger partial charge < -0.3 is 10.1 Å². The van der Waals surface area contributed by atoms with Gasteiger partial charge in [-0.2, -0.15) is 0 Å². The Morgan fingerprint density at radius 1 is 1.45 bits per heavy atom. The summed E-state index contributed by atoms with van der Waals surface area (Å²) >= 11 is 5.27. The number of ether oxygens (including phenoxy) is 1. The highest BCUT2D eigenvalue weighted by atomic mass is 79.9. The lowest BCUT2D eigenvalue weighted by molar-refractivity contribution is -0.127. The van der Waals surface area contributed by atoms with Crippen LogP contribution in [0.4, 0.5) is 0 Å². The summed E-state index contributed by atoms with van der Waals surface area (Å²) < 4.78 is 6.69. The van der Waals surface area contributed by atoms with E-state index in [-0.39, 0.29) is 18.0 Å². The van der Waals surface area contributed by atoms with Gasteiger partial charge in [0.15, 0.2) is 0 Å². The molecule has 7 heteroatoms. The molecule has 3 aliphatic rings. The van der Waals surface area contributed by atoms with Crippen molar-refractivity contribution >= 4 is 39.4 Å². The molecule has 5 nitrogen and oxygen atoms in total. The molecule has 0 saturated carbocycles. The highest BCUT2D eigenvalue weighted by Crippen LogP contribution is 2.42. The number of carbonyl (C=O) groups excluding carboxylic acids is 1. The van der Waals surface area contributed by atoms with Crippen LogP contribution in [0.25, 0.3) is 0 Å². The maximum atomic E-state index is 12.2. The number of rotatable bonds is 1. The number of thioether (sulfide) groups is 1. The standard InChI is InChI=1S/C13H12BrN3O2S/c14-6-1-2-9-7(3-6)10-11(19-9)13(18)17-12(16-10)8-4-20-5-15-8/h1-3,8,10-11,15H,4-5H2,(H,16,17,18)/t8-,10?,11?/m0/s1. The number of nitrogens with zero attached hydrogens (tertiary/aromatic N) is 1. The predicted octanol–water partition coefficient (Wildman–Crippen LogP) is 1.44. The Bertz CT molecular complexity index is 616. The molecule has 0 radical (unpaired) electrons. The minimum atomic E-state index is -0.544. The molecule has 2 N–H and O–H groups in total. The number of hydrogen-bond donors (Lipinski definition) is 2. The van der Waals surface area contributed by atoms with Crippen molar-refractivity contribution in [3.8, 4) is 5.75 Å². The lowest BCUT2D eigenvalue weighted by Gasteiger charge is -2.25. The van der Waals surface area contributed by atoms with Crippen LogP contribution < -0.4 is 15.4 Å². The molecule has 0 aromatic heterocycles. The Kier molecular flexibility index (Phi) is 3.01. The molecule has 3 heterocycles. The summed E-state index contributed by atoms with van der Waals surface area (Å²) in [4.78, 5) is 17.0. The molecular weight excluding hydrogens is 342 g/mol. The summed E-state index contributed by atoms with van der Waals surface area (Å²) in [6.07, 6.45) is -0.544. The van der Waals surface area contributed by atoms with Crippen LogP contribution in [-0.4, -0.2) is 35.5 Å². The van der Waals surface area contributed by atoms with Crippen molar-refractivity contribution in [2.45, 2.75) is 18.2 Å². The zero-order chi connectivity index (χ0) is 13.7. The highest BCUT2D eigenvalue weighted by molar-refractivity contribution is 9.10. The summed E-state index contributed by atoms with van der Waals surface area (Å²) in [5, 5.41) is 6.21. The summed E-state index contributed by atoms with van der Waals surface area (Å²) in [7, 11) is 0. The molecule has 0 spiro atoms. The first-order chi connectivity index (χ1) is 9.72. The maximum absolute atomic E-state index is 12.2. The van der Waals surface area contributed by atoms with E-state index in [0.29, 0.717) is 0 Å². The minimum absolute atomic E-state index is 0.106. The topological polar surface area (TPSA) is 62.7 Å². The summed E-state index contributed by atoms with van der Waals surface area (Å²) in [5.41, 5.74) is 0.974. The Hall–Kier alpha value is -1.05. The van der Waals surface area contributed by atoms with Crippen molar-refractivity contribution in [3.05, 3.63) is 28.2 Å². The molecule has 1 aromatic rings. The van der Waals surface area contributed by atoms with Crippen LogP contribution in [-0.2, 0) is 4.79 Å². The van der Waals surface area contributed by atoms with Crippen molar-refractivity contribution in [1.29, 1.82) is 0 Å². The zero-order valence-corrected chi connectivity index (χ0v) is 12.8. The Balaban J connectivity index is 1.74. The number of nitrogens with one attached hydrogen (secondary N) is 2. The highest BCUT2D eigenvalue weighted by Gasteiger charge is 2.44. The van der Waals surface area contributed by atoms with Gasteiger partial charge >= 0.3 is 0 Å². The van der Waals surface area contributed by atoms with Gasteiger partial charge in [0.2, 0.25) is 6.10 Å². The molecule has 4 rings (SSSR count). The average molecular weight is 354 g/mol. The number of fused-ring (bicyclic) bond motifs is 3. The van der Waals surface area contributed by atoms with Crippen molar-refractivity contribution in [2.75, 3.05) is 11.6 Å². The first kappa shape index (κ1) is 12.7. The van der Waals surface area contributed by atoms with Gasteiger partial charge in [0.05, 0.1) is 6.04 Å². The SMILES string of the molecule is O=C1NC([C@@H]2CSCN2)=NC2c3cc(Br)ccc3OC12. The Labute approximate surface area is 128 Å². The molecule has 3 aliphatic heterocycles. The summed E-state index contributed by atoms with van der Waals surface area (Å²) in [6.45, 7) is 0. The molecule has 1 aromatic carbocycles. The second-order valence-corrected chi connectivity index (χ2v) is 6.89. The molecular formula is C13H12BrN3O2S. The van der Waals surface area contributed by atoms with Gasteiger partial charge in [-0.15, -0.1) is 11.8 Å². The van der Waals surface area contributed by atoms with E-state index in [4.69, 9.17) is 9.73 Å². The molecule has 20 heavy (non-hydrogen) atoms. The van der Waals surface area contributed by atoms with Gasteiger partial charge in [-0.1, -0.05) is 15.9 Å². The maximum Gasteiger partial charge on any atom is 0.269 e. The van der Waals surface area contributed by atoms with Crippen LogP contribution in [0, 0.1) is 0 Å². The number of halogens is 1. The third-order valence-corrected chi connectivity index (χ3v) is 5.10. The molecule has 1 saturated heterocycles. The first-order valence-electron chi connectivity index (χ1n) is 6.38. The lowest BCUT2D eigenvalue weighted by Crippen LogP contribution is -2.53. The Morgan fingerprint density at radius 3 is 3.15 bits per heavy atom. The quantitative estimate of drug-likeness (QED) is 0.801. The molecule has 0 aliphatic carbocycles. The summed E-state index contributed by atoms with van der Waals surface area (Å²) in [5.74, 6) is 3.20. The second kappa shape index (κ2) is 4.75. The predicted molar refractivity (Wildman–Crippen MR) is 81.1 cm³/mol. The normalized spacial score (nSPS) is 31.1. The molecule has 1 fully saturated rings. The number of carbonyl (C=O) groups is 1. The number of aliphatic imine (C=N–C) groups is 1. The third kappa shape index (κ3) is 1.96. The van der Waals surface area contributed by atoms with Crippen LogP contribution in [0.2, 0.25) is 0 Å². The lowest BCUT2D eigenvalue weighted by atomic mass is 10.0. The van der Waals surface area contributed by atoms with Crippen molar-refractivity contribution in [1.82, 2.24) is 10.6 Å². The van der Waals surface area contributed by atoms with E-state index < -0.39 is 6.10 Å². The van der Waals surface area contributed by atoms with Gasteiger partial charge in [-0.25, -0.2) is 0 Å². The molecule has 3 atom stereocenters. The van der Waals surface area contributed by atoms with Crippen LogP contribution in [0.15, 0.2) is 27.7 Å². The van der Waals surface area contributed by atoms with Gasteiger partial charge in [-0.3, -0.25) is 15.1 Å². The largest absolute Gasteiger partial charge is 0.478 e. The number of benzene rings is 1. The smallest absolute Gasteiger partial charge is 0.269 e. The fourth-order valence-corrected chi connectivity index (χ4v) is 4.01. The van der Waals surface area contributed by atoms with E-state index in [0.717, 1.165) is 33.3 Å². The van der Waals surface area contributed by atoms with E-state index in [9.17, 15) is 4.79 Å². The molecule has 104 valence electrons. The van der Waals surface area contributed by atoms with E-state index >= 15 is 0 Å². The molecule has 2 unspecified atom stereocenters. The molecule has 1 amide bonds.